The summed E-state index contributed by atoms with van der Waals surface area (Å²) in [6.45, 7) is 3.90. The van der Waals surface area contributed by atoms with Gasteiger partial charge < -0.3 is 19.2 Å². The molecule has 2 aromatic heterocycles. The van der Waals surface area contributed by atoms with Gasteiger partial charge in [-0.1, -0.05) is 18.2 Å². The van der Waals surface area contributed by atoms with Crippen molar-refractivity contribution in [1.29, 1.82) is 0 Å². The maximum absolute atomic E-state index is 12.4. The fourth-order valence-corrected chi connectivity index (χ4v) is 3.16. The topological polar surface area (TPSA) is 64.9 Å². The molecule has 0 aliphatic carbocycles. The number of carbonyl (C=O) groups excluding carboxylic acids is 1. The Morgan fingerprint density at radius 1 is 1.07 bits per heavy atom. The Morgan fingerprint density at radius 2 is 1.90 bits per heavy atom. The average molecular weight is 401 g/mol. The second kappa shape index (κ2) is 8.29. The molecule has 0 bridgehead atoms. The summed E-state index contributed by atoms with van der Waals surface area (Å²) in [4.78, 5) is 17.1. The Balaban J connectivity index is 1.49. The van der Waals surface area contributed by atoms with Gasteiger partial charge in [0, 0.05) is 29.7 Å². The molecule has 152 valence electrons. The molecular weight excluding hydrogens is 378 g/mol. The molecule has 2 heterocycles. The predicted octanol–water partition coefficient (Wildman–Crippen LogP) is 4.64. The first-order valence-electron chi connectivity index (χ1n) is 9.65. The smallest absolute Gasteiger partial charge is 0.262 e. The van der Waals surface area contributed by atoms with Crippen LogP contribution in [0.25, 0.3) is 16.9 Å². The van der Waals surface area contributed by atoms with Crippen molar-refractivity contribution in [2.45, 2.75) is 13.8 Å². The first-order valence-corrected chi connectivity index (χ1v) is 9.65. The molecule has 0 atom stereocenters. The average Bonchev–Trinajstić information content (AvgIpc) is 3.17. The van der Waals surface area contributed by atoms with E-state index in [1.807, 2.05) is 73.1 Å². The van der Waals surface area contributed by atoms with E-state index >= 15 is 0 Å². The van der Waals surface area contributed by atoms with Crippen LogP contribution in [0.5, 0.6) is 11.5 Å². The number of carbonyl (C=O) groups is 1. The standard InChI is InChI=1S/C24H23N3O3/c1-16-9-10-27-14-22(25-23(27)11-16)18-8-7-17(2)21(12-18)26-24(28)15-30-20-6-4-5-19(13-20)29-3/h4-14H,15H2,1-3H3,(H,26,28). The molecule has 4 rings (SSSR count). The zero-order chi connectivity index (χ0) is 21.1. The molecule has 2 aromatic carbocycles. The van der Waals surface area contributed by atoms with Crippen molar-refractivity contribution in [2.75, 3.05) is 19.0 Å². The zero-order valence-electron chi connectivity index (χ0n) is 17.2. The molecule has 6 heteroatoms. The molecule has 0 saturated carbocycles. The number of nitrogens with zero attached hydrogens (tertiary/aromatic N) is 2. The molecule has 4 aromatic rings. The Bertz CT molecular complexity index is 1210. The largest absolute Gasteiger partial charge is 0.497 e. The number of hydrogen-bond acceptors (Lipinski definition) is 4. The van der Waals surface area contributed by atoms with Crippen LogP contribution in [0, 0.1) is 13.8 Å². The van der Waals surface area contributed by atoms with Gasteiger partial charge in [0.2, 0.25) is 0 Å². The van der Waals surface area contributed by atoms with E-state index in [0.717, 1.165) is 33.7 Å². The van der Waals surface area contributed by atoms with Crippen LogP contribution in [0.4, 0.5) is 5.69 Å². The third-order valence-electron chi connectivity index (χ3n) is 4.83. The molecule has 0 fully saturated rings. The number of aromatic nitrogens is 2. The van der Waals surface area contributed by atoms with Gasteiger partial charge >= 0.3 is 0 Å². The lowest BCUT2D eigenvalue weighted by Crippen LogP contribution is -2.20. The monoisotopic (exact) mass is 401 g/mol. The van der Waals surface area contributed by atoms with Crippen molar-refractivity contribution in [3.63, 3.8) is 0 Å². The zero-order valence-corrected chi connectivity index (χ0v) is 17.2. The normalized spacial score (nSPS) is 10.8. The molecule has 1 amide bonds. The number of anilines is 1. The lowest BCUT2D eigenvalue weighted by atomic mass is 10.1. The minimum absolute atomic E-state index is 0.0928. The lowest BCUT2D eigenvalue weighted by molar-refractivity contribution is -0.118. The summed E-state index contributed by atoms with van der Waals surface area (Å²) in [6, 6.07) is 17.2. The maximum Gasteiger partial charge on any atom is 0.262 e. The van der Waals surface area contributed by atoms with E-state index in [4.69, 9.17) is 14.5 Å². The summed E-state index contributed by atoms with van der Waals surface area (Å²) in [5.41, 5.74) is 5.54. The molecule has 0 radical (unpaired) electrons. The van der Waals surface area contributed by atoms with Crippen molar-refractivity contribution in [1.82, 2.24) is 9.38 Å². The van der Waals surface area contributed by atoms with Gasteiger partial charge in [-0.3, -0.25) is 4.79 Å². The van der Waals surface area contributed by atoms with Crippen molar-refractivity contribution in [3.8, 4) is 22.8 Å². The fourth-order valence-electron chi connectivity index (χ4n) is 3.16. The highest BCUT2D eigenvalue weighted by Crippen LogP contribution is 2.26. The molecule has 1 N–H and O–H groups in total. The highest BCUT2D eigenvalue weighted by atomic mass is 16.5. The fraction of sp³-hybridized carbons (Fsp3) is 0.167. The van der Waals surface area contributed by atoms with Crippen molar-refractivity contribution >= 4 is 17.2 Å². The van der Waals surface area contributed by atoms with Gasteiger partial charge in [-0.25, -0.2) is 4.98 Å². The molecule has 0 aliphatic rings. The number of nitrogens with one attached hydrogen (secondary N) is 1. The van der Waals surface area contributed by atoms with Crippen LogP contribution in [-0.4, -0.2) is 29.0 Å². The Kier molecular flexibility index (Phi) is 5.39. The predicted molar refractivity (Wildman–Crippen MR) is 117 cm³/mol. The van der Waals surface area contributed by atoms with Gasteiger partial charge in [0.05, 0.1) is 12.8 Å². The van der Waals surface area contributed by atoms with Crippen molar-refractivity contribution in [3.05, 3.63) is 78.1 Å². The first kappa shape index (κ1) is 19.5. The number of benzene rings is 2. The Labute approximate surface area is 175 Å². The van der Waals surface area contributed by atoms with E-state index < -0.39 is 0 Å². The van der Waals surface area contributed by atoms with Crippen LogP contribution >= 0.6 is 0 Å². The van der Waals surface area contributed by atoms with E-state index in [-0.39, 0.29) is 12.5 Å². The van der Waals surface area contributed by atoms with Crippen molar-refractivity contribution in [2.24, 2.45) is 0 Å². The Morgan fingerprint density at radius 3 is 2.73 bits per heavy atom. The molecule has 0 saturated heterocycles. The van der Waals surface area contributed by atoms with Gasteiger partial charge in [-0.05, 0) is 55.3 Å². The van der Waals surface area contributed by atoms with E-state index in [2.05, 4.69) is 5.32 Å². The maximum atomic E-state index is 12.4. The quantitative estimate of drug-likeness (QED) is 0.511. The van der Waals surface area contributed by atoms with E-state index in [0.29, 0.717) is 11.5 Å². The minimum atomic E-state index is -0.233. The number of amides is 1. The molecular formula is C24H23N3O3. The molecule has 0 aliphatic heterocycles. The molecule has 0 unspecified atom stereocenters. The number of ether oxygens (including phenoxy) is 2. The van der Waals surface area contributed by atoms with Gasteiger partial charge in [0.15, 0.2) is 6.61 Å². The van der Waals surface area contributed by atoms with E-state index in [9.17, 15) is 4.79 Å². The second-order valence-electron chi connectivity index (χ2n) is 7.14. The van der Waals surface area contributed by atoms with Gasteiger partial charge in [0.25, 0.3) is 5.91 Å². The number of methoxy groups -OCH3 is 1. The van der Waals surface area contributed by atoms with Gasteiger partial charge in [-0.15, -0.1) is 0 Å². The Hall–Kier alpha value is -3.80. The highest BCUT2D eigenvalue weighted by Gasteiger charge is 2.10. The van der Waals surface area contributed by atoms with Crippen molar-refractivity contribution < 1.29 is 14.3 Å². The SMILES string of the molecule is COc1cccc(OCC(=O)Nc2cc(-c3cn4ccc(C)cc4n3)ccc2C)c1. The third kappa shape index (κ3) is 4.27. The van der Waals surface area contributed by atoms with Crippen LogP contribution in [0.3, 0.4) is 0 Å². The number of rotatable bonds is 6. The number of aryl methyl sites for hydroxylation is 2. The number of pyridine rings is 1. The summed E-state index contributed by atoms with van der Waals surface area (Å²) in [6.07, 6.45) is 3.98. The second-order valence-corrected chi connectivity index (χ2v) is 7.14. The van der Waals surface area contributed by atoms with Gasteiger partial charge in [-0.2, -0.15) is 0 Å². The van der Waals surface area contributed by atoms with Crippen LogP contribution in [-0.2, 0) is 4.79 Å². The first-order chi connectivity index (χ1) is 14.5. The van der Waals surface area contributed by atoms with Crippen LogP contribution in [0.1, 0.15) is 11.1 Å². The minimum Gasteiger partial charge on any atom is -0.497 e. The van der Waals surface area contributed by atoms with Crippen LogP contribution in [0.2, 0.25) is 0 Å². The van der Waals surface area contributed by atoms with E-state index in [1.54, 1.807) is 19.2 Å². The summed E-state index contributed by atoms with van der Waals surface area (Å²) >= 11 is 0. The number of imidazole rings is 1. The highest BCUT2D eigenvalue weighted by molar-refractivity contribution is 5.93. The summed E-state index contributed by atoms with van der Waals surface area (Å²) in [5.74, 6) is 1.03. The number of hydrogen-bond donors (Lipinski definition) is 1. The third-order valence-corrected chi connectivity index (χ3v) is 4.83. The summed E-state index contributed by atoms with van der Waals surface area (Å²) in [7, 11) is 1.59. The lowest BCUT2D eigenvalue weighted by Gasteiger charge is -2.11. The van der Waals surface area contributed by atoms with E-state index in [1.165, 1.54) is 0 Å². The molecule has 6 nitrogen and oxygen atoms in total. The number of fused-ring (bicyclic) bond motifs is 1. The van der Waals surface area contributed by atoms with Gasteiger partial charge in [0.1, 0.15) is 17.1 Å². The molecule has 30 heavy (non-hydrogen) atoms. The summed E-state index contributed by atoms with van der Waals surface area (Å²) < 4.78 is 12.7. The van der Waals surface area contributed by atoms with Crippen LogP contribution in [0.15, 0.2) is 67.0 Å². The summed E-state index contributed by atoms with van der Waals surface area (Å²) in [5, 5.41) is 2.93. The molecule has 0 spiro atoms. The van der Waals surface area contributed by atoms with Crippen LogP contribution < -0.4 is 14.8 Å².